The summed E-state index contributed by atoms with van der Waals surface area (Å²) < 4.78 is 5.36. The number of halogens is 1. The lowest BCUT2D eigenvalue weighted by molar-refractivity contribution is 0.0933. The van der Waals surface area contributed by atoms with Crippen LogP contribution in [0.4, 0.5) is 0 Å². The summed E-state index contributed by atoms with van der Waals surface area (Å²) in [4.78, 5) is 11.6. The molecule has 0 unspecified atom stereocenters. The van der Waals surface area contributed by atoms with Crippen LogP contribution < -0.4 is 4.74 Å². The zero-order valence-corrected chi connectivity index (χ0v) is 8.80. The van der Waals surface area contributed by atoms with Gasteiger partial charge in [0.2, 0.25) is 0 Å². The Kier molecular flexibility index (Phi) is 2.94. The normalized spacial score (nSPS) is 13.5. The third kappa shape index (κ3) is 2.14. The smallest absolute Gasteiger partial charge is 0.170 e. The molecule has 0 N–H and O–H groups in total. The first-order chi connectivity index (χ1) is 7.31. The summed E-state index contributed by atoms with van der Waals surface area (Å²) in [5, 5.41) is 0. The molecular weight excluding hydrogens is 212 g/mol. The summed E-state index contributed by atoms with van der Waals surface area (Å²) in [6, 6.07) is 5.37. The molecule has 0 aliphatic carbocycles. The van der Waals surface area contributed by atoms with Crippen molar-refractivity contribution in [2.75, 3.05) is 12.5 Å². The number of rotatable bonds is 0. The highest BCUT2D eigenvalue weighted by Crippen LogP contribution is 2.25. The van der Waals surface area contributed by atoms with Crippen LogP contribution in [0.1, 0.15) is 22.3 Å². The summed E-state index contributed by atoms with van der Waals surface area (Å²) in [7, 11) is 0. The highest BCUT2D eigenvalue weighted by molar-refractivity contribution is 6.19. The number of hydrogen-bond acceptors (Lipinski definition) is 2. The number of carbonyl (C=O) groups is 1. The van der Waals surface area contributed by atoms with Crippen molar-refractivity contribution in [3.05, 3.63) is 29.3 Å². The Morgan fingerprint density at radius 1 is 1.47 bits per heavy atom. The molecule has 0 saturated carbocycles. The van der Waals surface area contributed by atoms with Crippen molar-refractivity contribution in [1.82, 2.24) is 0 Å². The van der Waals surface area contributed by atoms with Gasteiger partial charge in [0.05, 0.1) is 18.1 Å². The van der Waals surface area contributed by atoms with Gasteiger partial charge in [0, 0.05) is 12.0 Å². The number of alkyl halides is 1. The number of carbonyl (C=O) groups excluding carboxylic acids is 1. The molecule has 2 nitrogen and oxygen atoms in total. The Hall–Kier alpha value is -1.46. The molecule has 0 aromatic heterocycles. The van der Waals surface area contributed by atoms with Crippen LogP contribution in [0.2, 0.25) is 0 Å². The number of benzene rings is 1. The SMILES string of the molecule is O=C1CCOc2ccc(C#CCCl)cc21. The van der Waals surface area contributed by atoms with Crippen molar-refractivity contribution >= 4 is 17.4 Å². The van der Waals surface area contributed by atoms with Crippen molar-refractivity contribution in [2.24, 2.45) is 0 Å². The third-order valence-corrected chi connectivity index (χ3v) is 2.30. The second-order valence-electron chi connectivity index (χ2n) is 3.17. The van der Waals surface area contributed by atoms with Crippen LogP contribution >= 0.6 is 11.6 Å². The van der Waals surface area contributed by atoms with Crippen molar-refractivity contribution < 1.29 is 9.53 Å². The Bertz CT molecular complexity index is 454. The number of Topliss-reactive ketones (excluding diaryl/α,β-unsaturated/α-hetero) is 1. The summed E-state index contributed by atoms with van der Waals surface area (Å²) in [6.45, 7) is 0.471. The fourth-order valence-corrected chi connectivity index (χ4v) is 1.54. The number of ether oxygens (including phenoxy) is 1. The van der Waals surface area contributed by atoms with Gasteiger partial charge in [0.1, 0.15) is 5.75 Å². The van der Waals surface area contributed by atoms with Crippen molar-refractivity contribution in [2.45, 2.75) is 6.42 Å². The van der Waals surface area contributed by atoms with Crippen LogP contribution in [0.25, 0.3) is 0 Å². The molecule has 1 aliphatic rings. The Labute approximate surface area is 93.2 Å². The van der Waals surface area contributed by atoms with Crippen LogP contribution in [-0.2, 0) is 0 Å². The largest absolute Gasteiger partial charge is 0.492 e. The van der Waals surface area contributed by atoms with Crippen molar-refractivity contribution in [1.29, 1.82) is 0 Å². The number of ketones is 1. The number of fused-ring (bicyclic) bond motifs is 1. The predicted octanol–water partition coefficient (Wildman–Crippen LogP) is 2.24. The molecule has 0 fully saturated rings. The van der Waals surface area contributed by atoms with Gasteiger partial charge in [-0.25, -0.2) is 0 Å². The van der Waals surface area contributed by atoms with E-state index in [0.717, 1.165) is 5.56 Å². The van der Waals surface area contributed by atoms with Gasteiger partial charge < -0.3 is 4.74 Å². The quantitative estimate of drug-likeness (QED) is 0.495. The molecule has 0 bridgehead atoms. The maximum absolute atomic E-state index is 11.6. The fraction of sp³-hybridized carbons (Fsp3) is 0.250. The van der Waals surface area contributed by atoms with E-state index >= 15 is 0 Å². The van der Waals surface area contributed by atoms with E-state index in [1.54, 1.807) is 12.1 Å². The second kappa shape index (κ2) is 4.37. The molecule has 0 spiro atoms. The molecule has 76 valence electrons. The molecule has 0 atom stereocenters. The summed E-state index contributed by atoms with van der Waals surface area (Å²) >= 11 is 5.46. The minimum Gasteiger partial charge on any atom is -0.492 e. The van der Waals surface area contributed by atoms with Gasteiger partial charge in [0.25, 0.3) is 0 Å². The van der Waals surface area contributed by atoms with Crippen LogP contribution in [0.15, 0.2) is 18.2 Å². The zero-order valence-electron chi connectivity index (χ0n) is 8.05. The molecular formula is C12H9ClO2. The Balaban J connectivity index is 2.39. The van der Waals surface area contributed by atoms with Gasteiger partial charge in [-0.15, -0.1) is 11.6 Å². The maximum Gasteiger partial charge on any atom is 0.170 e. The van der Waals surface area contributed by atoms with Crippen LogP contribution in [0.3, 0.4) is 0 Å². The average molecular weight is 221 g/mol. The average Bonchev–Trinajstić information content (AvgIpc) is 2.27. The van der Waals surface area contributed by atoms with E-state index in [1.165, 1.54) is 0 Å². The van der Waals surface area contributed by atoms with Gasteiger partial charge in [-0.2, -0.15) is 0 Å². The first-order valence-electron chi connectivity index (χ1n) is 4.66. The van der Waals surface area contributed by atoms with Gasteiger partial charge in [-0.05, 0) is 18.2 Å². The first kappa shape index (κ1) is 10.1. The molecule has 1 aromatic carbocycles. The third-order valence-electron chi connectivity index (χ3n) is 2.17. The minimum absolute atomic E-state index is 0.116. The van der Waals surface area contributed by atoms with Crippen molar-refractivity contribution in [3.8, 4) is 17.6 Å². The van der Waals surface area contributed by atoms with E-state index in [4.69, 9.17) is 16.3 Å². The highest BCUT2D eigenvalue weighted by atomic mass is 35.5. The van der Waals surface area contributed by atoms with Crippen LogP contribution in [0, 0.1) is 11.8 Å². The topological polar surface area (TPSA) is 26.3 Å². The molecule has 1 aliphatic heterocycles. The lowest BCUT2D eigenvalue weighted by Gasteiger charge is -2.15. The van der Waals surface area contributed by atoms with E-state index in [1.807, 2.05) is 6.07 Å². The lowest BCUT2D eigenvalue weighted by Crippen LogP contribution is -2.15. The van der Waals surface area contributed by atoms with Gasteiger partial charge in [-0.1, -0.05) is 11.8 Å². The van der Waals surface area contributed by atoms with Gasteiger partial charge in [0.15, 0.2) is 5.78 Å². The molecule has 3 heteroatoms. The van der Waals surface area contributed by atoms with E-state index < -0.39 is 0 Å². The van der Waals surface area contributed by atoms with Crippen LogP contribution in [0.5, 0.6) is 5.75 Å². The zero-order chi connectivity index (χ0) is 10.7. The maximum atomic E-state index is 11.6. The lowest BCUT2D eigenvalue weighted by atomic mass is 10.0. The molecule has 0 amide bonds. The van der Waals surface area contributed by atoms with Crippen LogP contribution in [-0.4, -0.2) is 18.3 Å². The minimum atomic E-state index is 0.116. The molecule has 15 heavy (non-hydrogen) atoms. The monoisotopic (exact) mass is 220 g/mol. The summed E-state index contributed by atoms with van der Waals surface area (Å²) in [5.74, 6) is 6.69. The first-order valence-corrected chi connectivity index (χ1v) is 5.19. The van der Waals surface area contributed by atoms with E-state index in [9.17, 15) is 4.79 Å². The molecule has 1 heterocycles. The standard InChI is InChI=1S/C12H9ClO2/c13-6-1-2-9-3-4-12-10(8-9)11(14)5-7-15-12/h3-4,8H,5-7H2. The summed E-state index contributed by atoms with van der Waals surface area (Å²) in [5.41, 5.74) is 1.43. The van der Waals surface area contributed by atoms with Crippen molar-refractivity contribution in [3.63, 3.8) is 0 Å². The highest BCUT2D eigenvalue weighted by Gasteiger charge is 2.17. The Morgan fingerprint density at radius 2 is 2.33 bits per heavy atom. The molecule has 1 aromatic rings. The molecule has 0 radical (unpaired) electrons. The fourth-order valence-electron chi connectivity index (χ4n) is 1.48. The molecule has 0 saturated heterocycles. The van der Waals surface area contributed by atoms with E-state index in [-0.39, 0.29) is 5.78 Å². The van der Waals surface area contributed by atoms with E-state index in [0.29, 0.717) is 30.2 Å². The predicted molar refractivity (Wildman–Crippen MR) is 58.5 cm³/mol. The summed E-state index contributed by atoms with van der Waals surface area (Å²) in [6.07, 6.45) is 0.444. The molecule has 2 rings (SSSR count). The second-order valence-corrected chi connectivity index (χ2v) is 3.44. The van der Waals surface area contributed by atoms with Gasteiger partial charge in [-0.3, -0.25) is 4.79 Å². The number of hydrogen-bond donors (Lipinski definition) is 0. The Morgan fingerprint density at radius 3 is 3.13 bits per heavy atom. The van der Waals surface area contributed by atoms with E-state index in [2.05, 4.69) is 11.8 Å². The van der Waals surface area contributed by atoms with Gasteiger partial charge >= 0.3 is 0 Å².